The van der Waals surface area contributed by atoms with Gasteiger partial charge in [-0.25, -0.2) is 0 Å². The van der Waals surface area contributed by atoms with Crippen molar-refractivity contribution in [3.05, 3.63) is 0 Å². The van der Waals surface area contributed by atoms with Crippen LogP contribution in [-0.4, -0.2) is 76.5 Å². The fourth-order valence-corrected chi connectivity index (χ4v) is 6.02. The van der Waals surface area contributed by atoms with E-state index in [9.17, 15) is 14.7 Å². The summed E-state index contributed by atoms with van der Waals surface area (Å²) in [4.78, 5) is 29.4. The third kappa shape index (κ3) is 5.08. The van der Waals surface area contributed by atoms with Gasteiger partial charge in [-0.2, -0.15) is 0 Å². The van der Waals surface area contributed by atoms with Gasteiger partial charge < -0.3 is 10.4 Å². The van der Waals surface area contributed by atoms with Gasteiger partial charge in [0, 0.05) is 55.6 Å². The number of carbonyl (C=O) groups is 2. The predicted octanol–water partition coefficient (Wildman–Crippen LogP) is 2.69. The van der Waals surface area contributed by atoms with Crippen LogP contribution in [0.25, 0.3) is 0 Å². The molecule has 0 bridgehead atoms. The van der Waals surface area contributed by atoms with E-state index in [0.717, 1.165) is 71.1 Å². The number of alkyl halides is 1. The molecule has 4 fully saturated rings. The minimum Gasteiger partial charge on any atom is -0.481 e. The van der Waals surface area contributed by atoms with E-state index in [4.69, 9.17) is 11.6 Å². The second-order valence-corrected chi connectivity index (χ2v) is 10.2. The van der Waals surface area contributed by atoms with Crippen LogP contribution in [0.1, 0.15) is 64.2 Å². The number of halogens is 1. The van der Waals surface area contributed by atoms with Crippen LogP contribution in [-0.2, 0) is 9.59 Å². The van der Waals surface area contributed by atoms with Gasteiger partial charge in [-0.3, -0.25) is 19.4 Å². The summed E-state index contributed by atoms with van der Waals surface area (Å²) < 4.78 is 0. The van der Waals surface area contributed by atoms with E-state index in [1.54, 1.807) is 0 Å². The molecule has 6 nitrogen and oxygen atoms in total. The molecule has 1 heterocycles. The number of carboxylic acid groups (broad SMARTS) is 1. The zero-order valence-electron chi connectivity index (χ0n) is 17.4. The first-order chi connectivity index (χ1) is 14.0. The van der Waals surface area contributed by atoms with Crippen LogP contribution >= 0.6 is 11.6 Å². The van der Waals surface area contributed by atoms with E-state index >= 15 is 0 Å². The lowest BCUT2D eigenvalue weighted by Gasteiger charge is -2.46. The number of piperazine rings is 1. The molecule has 0 radical (unpaired) electrons. The summed E-state index contributed by atoms with van der Waals surface area (Å²) in [5.41, 5.74) is 0. The van der Waals surface area contributed by atoms with Gasteiger partial charge in [0.15, 0.2) is 0 Å². The molecule has 0 aromatic heterocycles. The number of carbonyl (C=O) groups excluding carboxylic acids is 1. The first-order valence-corrected chi connectivity index (χ1v) is 12.1. The fourth-order valence-electron chi connectivity index (χ4n) is 5.76. The normalized spacial score (nSPS) is 37.6. The molecule has 164 valence electrons. The molecule has 1 saturated heterocycles. The van der Waals surface area contributed by atoms with E-state index in [0.29, 0.717) is 23.9 Å². The maximum Gasteiger partial charge on any atom is 0.308 e. The Labute approximate surface area is 179 Å². The van der Waals surface area contributed by atoms with Crippen molar-refractivity contribution >= 4 is 23.5 Å². The summed E-state index contributed by atoms with van der Waals surface area (Å²) in [5.74, 6) is -1.03. The number of aliphatic carboxylic acids is 1. The van der Waals surface area contributed by atoms with Crippen LogP contribution in [0.15, 0.2) is 0 Å². The Hall–Kier alpha value is -0.850. The van der Waals surface area contributed by atoms with Crippen molar-refractivity contribution in [3.63, 3.8) is 0 Å². The predicted molar refractivity (Wildman–Crippen MR) is 113 cm³/mol. The van der Waals surface area contributed by atoms with Crippen molar-refractivity contribution in [2.45, 2.75) is 87.7 Å². The molecule has 1 amide bonds. The quantitative estimate of drug-likeness (QED) is 0.662. The first-order valence-electron chi connectivity index (χ1n) is 11.7. The molecule has 3 saturated carbocycles. The molecule has 4 aliphatic rings. The largest absolute Gasteiger partial charge is 0.481 e. The first kappa shape index (κ1) is 21.4. The van der Waals surface area contributed by atoms with Crippen LogP contribution in [0.3, 0.4) is 0 Å². The van der Waals surface area contributed by atoms with E-state index in [1.165, 1.54) is 12.8 Å². The number of nitrogens with one attached hydrogen (secondary N) is 1. The third-order valence-corrected chi connectivity index (χ3v) is 8.39. The Morgan fingerprint density at radius 2 is 1.41 bits per heavy atom. The van der Waals surface area contributed by atoms with Crippen molar-refractivity contribution in [1.29, 1.82) is 0 Å². The number of hydrogen-bond acceptors (Lipinski definition) is 4. The second kappa shape index (κ2) is 9.52. The van der Waals surface area contributed by atoms with E-state index in [2.05, 4.69) is 15.1 Å². The Morgan fingerprint density at radius 3 is 1.97 bits per heavy atom. The maximum absolute atomic E-state index is 12.3. The molecule has 3 atom stereocenters. The van der Waals surface area contributed by atoms with Gasteiger partial charge in [-0.15, -0.1) is 11.6 Å². The number of hydrogen-bond donors (Lipinski definition) is 2. The van der Waals surface area contributed by atoms with Gasteiger partial charge in [0.05, 0.1) is 5.92 Å². The van der Waals surface area contributed by atoms with Gasteiger partial charge in [0.1, 0.15) is 0 Å². The number of amides is 1. The average Bonchev–Trinajstić information content (AvgIpc) is 2.67. The van der Waals surface area contributed by atoms with Gasteiger partial charge >= 0.3 is 5.97 Å². The summed E-state index contributed by atoms with van der Waals surface area (Å²) in [6.45, 7) is 4.20. The van der Waals surface area contributed by atoms with E-state index < -0.39 is 11.9 Å². The van der Waals surface area contributed by atoms with Gasteiger partial charge in [0.25, 0.3) is 0 Å². The molecule has 0 aromatic rings. The average molecular weight is 426 g/mol. The van der Waals surface area contributed by atoms with E-state index in [1.807, 2.05) is 0 Å². The molecule has 2 N–H and O–H groups in total. The summed E-state index contributed by atoms with van der Waals surface area (Å²) in [6.07, 6.45) is 10.1. The Kier molecular flexibility index (Phi) is 7.02. The highest BCUT2D eigenvalue weighted by Crippen LogP contribution is 2.32. The minimum atomic E-state index is -0.759. The topological polar surface area (TPSA) is 72.9 Å². The van der Waals surface area contributed by atoms with Gasteiger partial charge in [-0.05, 0) is 57.8 Å². The van der Waals surface area contributed by atoms with Crippen LogP contribution < -0.4 is 5.32 Å². The molecule has 7 heteroatoms. The van der Waals surface area contributed by atoms with Gasteiger partial charge in [0.2, 0.25) is 5.91 Å². The number of rotatable bonds is 5. The highest BCUT2D eigenvalue weighted by atomic mass is 35.5. The minimum absolute atomic E-state index is 0.0752. The molecule has 4 rings (SSSR count). The number of nitrogens with zero attached hydrogens (tertiary/aromatic N) is 2. The highest BCUT2D eigenvalue weighted by molar-refractivity contribution is 6.20. The SMILES string of the molecule is O=C(NC1CCC(N2CCN(C3CCC(Cl)CC3)CC2)CC1C(=O)O)C1CCC1. The van der Waals surface area contributed by atoms with Crippen LogP contribution in [0.2, 0.25) is 0 Å². The summed E-state index contributed by atoms with van der Waals surface area (Å²) >= 11 is 6.26. The molecular weight excluding hydrogens is 390 g/mol. The lowest BCUT2D eigenvalue weighted by molar-refractivity contribution is -0.145. The Morgan fingerprint density at radius 1 is 0.828 bits per heavy atom. The molecule has 0 aromatic carbocycles. The molecule has 29 heavy (non-hydrogen) atoms. The molecule has 0 spiro atoms. The van der Waals surface area contributed by atoms with Crippen molar-refractivity contribution in [1.82, 2.24) is 15.1 Å². The second-order valence-electron chi connectivity index (χ2n) is 9.63. The molecular formula is C22H36ClN3O3. The van der Waals surface area contributed by atoms with Crippen LogP contribution in [0.4, 0.5) is 0 Å². The number of carboxylic acids is 1. The lowest BCUT2D eigenvalue weighted by atomic mass is 9.79. The zero-order chi connectivity index (χ0) is 20.4. The van der Waals surface area contributed by atoms with Crippen molar-refractivity contribution in [2.24, 2.45) is 11.8 Å². The summed E-state index contributed by atoms with van der Waals surface area (Å²) in [5, 5.41) is 13.2. The van der Waals surface area contributed by atoms with Crippen LogP contribution in [0.5, 0.6) is 0 Å². The monoisotopic (exact) mass is 425 g/mol. The van der Waals surface area contributed by atoms with Crippen molar-refractivity contribution in [3.8, 4) is 0 Å². The Bertz CT molecular complexity index is 584. The zero-order valence-corrected chi connectivity index (χ0v) is 18.2. The highest BCUT2D eigenvalue weighted by Gasteiger charge is 2.40. The lowest BCUT2D eigenvalue weighted by Crippen LogP contribution is -2.57. The third-order valence-electron chi connectivity index (χ3n) is 7.95. The maximum atomic E-state index is 12.3. The smallest absolute Gasteiger partial charge is 0.308 e. The summed E-state index contributed by atoms with van der Waals surface area (Å²) in [6, 6.07) is 0.800. The van der Waals surface area contributed by atoms with Crippen LogP contribution in [0, 0.1) is 11.8 Å². The summed E-state index contributed by atoms with van der Waals surface area (Å²) in [7, 11) is 0. The van der Waals surface area contributed by atoms with Crippen molar-refractivity contribution in [2.75, 3.05) is 26.2 Å². The molecule has 3 unspecified atom stereocenters. The fraction of sp³-hybridized carbons (Fsp3) is 0.909. The molecule has 3 aliphatic carbocycles. The van der Waals surface area contributed by atoms with Crippen molar-refractivity contribution < 1.29 is 14.7 Å². The Balaban J connectivity index is 1.27. The van der Waals surface area contributed by atoms with Gasteiger partial charge in [-0.1, -0.05) is 6.42 Å². The molecule has 1 aliphatic heterocycles. The standard InChI is InChI=1S/C22H36ClN3O3/c23-16-4-6-17(7-5-16)25-10-12-26(13-11-25)18-8-9-20(19(14-18)22(28)29)24-21(27)15-2-1-3-15/h15-20H,1-14H2,(H,24,27)(H,28,29). The van der Waals surface area contributed by atoms with E-state index in [-0.39, 0.29) is 17.9 Å².